The van der Waals surface area contributed by atoms with Crippen molar-refractivity contribution >= 4 is 23.6 Å². The van der Waals surface area contributed by atoms with E-state index in [-0.39, 0.29) is 0 Å². The fraction of sp³-hybridized carbons (Fsp3) is 0.667. The molecule has 20 heavy (non-hydrogen) atoms. The van der Waals surface area contributed by atoms with Crippen LogP contribution in [0.15, 0.2) is 20.0 Å². The third-order valence-electron chi connectivity index (χ3n) is 2.80. The van der Waals surface area contributed by atoms with E-state index in [1.807, 2.05) is 13.8 Å². The quantitative estimate of drug-likeness (QED) is 0.771. The highest BCUT2D eigenvalue weighted by Gasteiger charge is 2.51. The predicted molar refractivity (Wildman–Crippen MR) is 71.5 cm³/mol. The molecule has 0 aliphatic carbocycles. The molecule has 4 rings (SSSR count). The van der Waals surface area contributed by atoms with E-state index in [0.29, 0.717) is 11.8 Å². The number of nitrogens with zero attached hydrogens (tertiary/aromatic N) is 4. The number of hydrogen-bond donors (Lipinski definition) is 0. The summed E-state index contributed by atoms with van der Waals surface area (Å²) in [6, 6.07) is -1.87. The third kappa shape index (κ3) is 2.00. The van der Waals surface area contributed by atoms with Gasteiger partial charge in [-0.2, -0.15) is 0 Å². The molecule has 0 aromatic heterocycles. The Hall–Kier alpha value is -2.12. The van der Waals surface area contributed by atoms with Gasteiger partial charge in [-0.05, 0) is 0 Å². The second-order valence-electron chi connectivity index (χ2n) is 4.49. The molecular formula is C12H16N4O4. The van der Waals surface area contributed by atoms with Crippen molar-refractivity contribution < 1.29 is 18.9 Å². The van der Waals surface area contributed by atoms with Crippen LogP contribution in [0, 0.1) is 0 Å². The van der Waals surface area contributed by atoms with Crippen molar-refractivity contribution in [3.8, 4) is 0 Å². The summed E-state index contributed by atoms with van der Waals surface area (Å²) < 4.78 is 20.3. The molecule has 0 saturated heterocycles. The first-order valence-corrected chi connectivity index (χ1v) is 6.54. The molecule has 2 atom stereocenters. The Morgan fingerprint density at radius 3 is 1.20 bits per heavy atom. The monoisotopic (exact) mass is 280 g/mol. The SMILES string of the molecule is CCC1=NC2(N=C(C)O2)O1.CCC1=NC2(N=C(C)O2)O1. The lowest BCUT2D eigenvalue weighted by Gasteiger charge is -2.38. The van der Waals surface area contributed by atoms with Gasteiger partial charge in [-0.15, -0.1) is 20.0 Å². The standard InChI is InChI=1S/2C6H8N2O2/c2*1-3-5-8-6(10-5)7-4(2)9-6/h2*3H2,1-2H3. The van der Waals surface area contributed by atoms with Gasteiger partial charge in [0.25, 0.3) is 0 Å². The van der Waals surface area contributed by atoms with Crippen molar-refractivity contribution in [2.75, 3.05) is 0 Å². The molecule has 4 aliphatic heterocycles. The van der Waals surface area contributed by atoms with Gasteiger partial charge in [0.1, 0.15) is 0 Å². The van der Waals surface area contributed by atoms with Crippen LogP contribution < -0.4 is 0 Å². The van der Waals surface area contributed by atoms with Crippen LogP contribution in [-0.2, 0) is 18.9 Å². The molecule has 4 aliphatic rings. The van der Waals surface area contributed by atoms with Gasteiger partial charge in [-0.3, -0.25) is 0 Å². The van der Waals surface area contributed by atoms with E-state index < -0.39 is 12.1 Å². The minimum Gasteiger partial charge on any atom is -0.402 e. The lowest BCUT2D eigenvalue weighted by molar-refractivity contribution is -0.187. The maximum Gasteiger partial charge on any atom is 0.478 e. The van der Waals surface area contributed by atoms with Crippen LogP contribution in [0.4, 0.5) is 0 Å². The minimum atomic E-state index is -0.935. The van der Waals surface area contributed by atoms with Gasteiger partial charge in [-0.1, -0.05) is 13.8 Å². The zero-order valence-electron chi connectivity index (χ0n) is 11.8. The van der Waals surface area contributed by atoms with E-state index in [0.717, 1.165) is 24.6 Å². The van der Waals surface area contributed by atoms with Gasteiger partial charge in [0, 0.05) is 26.7 Å². The van der Waals surface area contributed by atoms with Crippen LogP contribution in [0.3, 0.4) is 0 Å². The van der Waals surface area contributed by atoms with Gasteiger partial charge < -0.3 is 18.9 Å². The molecule has 0 aromatic rings. The van der Waals surface area contributed by atoms with Crippen molar-refractivity contribution in [2.24, 2.45) is 20.0 Å². The predicted octanol–water partition coefficient (Wildman–Crippen LogP) is 1.77. The molecule has 2 unspecified atom stereocenters. The lowest BCUT2D eigenvalue weighted by atomic mass is 10.4. The molecular weight excluding hydrogens is 264 g/mol. The second kappa shape index (κ2) is 4.19. The average molecular weight is 280 g/mol. The molecule has 0 fully saturated rings. The van der Waals surface area contributed by atoms with Crippen LogP contribution >= 0.6 is 0 Å². The Kier molecular flexibility index (Phi) is 2.70. The molecule has 108 valence electrons. The molecule has 8 heteroatoms. The Balaban J connectivity index is 0.000000121. The minimum absolute atomic E-state index is 0.638. The molecule has 0 bridgehead atoms. The molecule has 0 amide bonds. The zero-order chi connectivity index (χ0) is 14.4. The van der Waals surface area contributed by atoms with Crippen molar-refractivity contribution in [3.63, 3.8) is 0 Å². The van der Waals surface area contributed by atoms with Gasteiger partial charge in [-0.25, -0.2) is 0 Å². The smallest absolute Gasteiger partial charge is 0.402 e. The molecule has 0 radical (unpaired) electrons. The fourth-order valence-electron chi connectivity index (χ4n) is 1.92. The highest BCUT2D eigenvalue weighted by atomic mass is 16.8. The summed E-state index contributed by atoms with van der Waals surface area (Å²) >= 11 is 0. The van der Waals surface area contributed by atoms with Crippen LogP contribution in [0.1, 0.15) is 40.5 Å². The Morgan fingerprint density at radius 1 is 0.700 bits per heavy atom. The summed E-state index contributed by atoms with van der Waals surface area (Å²) in [5, 5.41) is 0. The van der Waals surface area contributed by atoms with Crippen molar-refractivity contribution in [1.29, 1.82) is 0 Å². The van der Waals surface area contributed by atoms with E-state index in [1.165, 1.54) is 0 Å². The van der Waals surface area contributed by atoms with Crippen molar-refractivity contribution in [2.45, 2.75) is 52.6 Å². The molecule has 0 aromatic carbocycles. The first kappa shape index (κ1) is 12.9. The summed E-state index contributed by atoms with van der Waals surface area (Å²) in [5.41, 5.74) is 0. The van der Waals surface area contributed by atoms with Crippen LogP contribution in [0.25, 0.3) is 0 Å². The fourth-order valence-corrected chi connectivity index (χ4v) is 1.92. The highest BCUT2D eigenvalue weighted by Crippen LogP contribution is 2.34. The van der Waals surface area contributed by atoms with Gasteiger partial charge in [0.15, 0.2) is 11.8 Å². The number of ether oxygens (including phenoxy) is 4. The maximum atomic E-state index is 5.12. The first-order valence-electron chi connectivity index (χ1n) is 6.54. The van der Waals surface area contributed by atoms with Gasteiger partial charge in [0.2, 0.25) is 11.8 Å². The Labute approximate surface area is 116 Å². The molecule has 0 N–H and O–H groups in total. The highest BCUT2D eigenvalue weighted by molar-refractivity contribution is 5.86. The van der Waals surface area contributed by atoms with Crippen molar-refractivity contribution in [1.82, 2.24) is 0 Å². The first-order chi connectivity index (χ1) is 9.48. The Bertz CT molecular complexity index is 518. The summed E-state index contributed by atoms with van der Waals surface area (Å²) in [7, 11) is 0. The maximum absolute atomic E-state index is 5.12. The van der Waals surface area contributed by atoms with Gasteiger partial charge >= 0.3 is 12.1 Å². The third-order valence-corrected chi connectivity index (χ3v) is 2.80. The van der Waals surface area contributed by atoms with E-state index in [4.69, 9.17) is 18.9 Å². The van der Waals surface area contributed by atoms with Crippen LogP contribution in [0.2, 0.25) is 0 Å². The summed E-state index contributed by atoms with van der Waals surface area (Å²) in [6.45, 7) is 7.49. The zero-order valence-corrected chi connectivity index (χ0v) is 11.8. The molecule has 8 nitrogen and oxygen atoms in total. The topological polar surface area (TPSA) is 86.4 Å². The Morgan fingerprint density at radius 2 is 1.00 bits per heavy atom. The lowest BCUT2D eigenvalue weighted by Crippen LogP contribution is -2.51. The second-order valence-corrected chi connectivity index (χ2v) is 4.49. The molecule has 0 saturated carbocycles. The van der Waals surface area contributed by atoms with Crippen molar-refractivity contribution in [3.05, 3.63) is 0 Å². The normalized spacial score (nSPS) is 34.6. The summed E-state index contributed by atoms with van der Waals surface area (Å²) in [6.07, 6.45) is 1.61. The number of hydrogen-bond acceptors (Lipinski definition) is 8. The van der Waals surface area contributed by atoms with E-state index in [2.05, 4.69) is 20.0 Å². The van der Waals surface area contributed by atoms with E-state index in [9.17, 15) is 0 Å². The number of aliphatic imine (C=N–C) groups is 4. The largest absolute Gasteiger partial charge is 0.478 e. The summed E-state index contributed by atoms with van der Waals surface area (Å²) in [5.74, 6) is 2.71. The van der Waals surface area contributed by atoms with Crippen LogP contribution in [0.5, 0.6) is 0 Å². The van der Waals surface area contributed by atoms with E-state index >= 15 is 0 Å². The number of rotatable bonds is 2. The van der Waals surface area contributed by atoms with Crippen LogP contribution in [-0.4, -0.2) is 35.7 Å². The molecule has 4 heterocycles. The summed E-state index contributed by atoms with van der Waals surface area (Å²) in [4.78, 5) is 15.9. The molecule has 2 spiro atoms. The van der Waals surface area contributed by atoms with E-state index in [1.54, 1.807) is 13.8 Å². The van der Waals surface area contributed by atoms with Gasteiger partial charge in [0.05, 0.1) is 0 Å². The average Bonchev–Trinajstić information content (AvgIpc) is 2.25.